The molecule has 10 nitrogen and oxygen atoms in total. The number of nitrogens with one attached hydrogen (secondary N) is 1. The van der Waals surface area contributed by atoms with Crippen molar-refractivity contribution in [1.29, 1.82) is 0 Å². The Balaban J connectivity index is 1.17. The van der Waals surface area contributed by atoms with Crippen molar-refractivity contribution in [2.75, 3.05) is 49.1 Å². The van der Waals surface area contributed by atoms with Gasteiger partial charge in [-0.25, -0.2) is 9.97 Å². The maximum atomic E-state index is 11.9. The van der Waals surface area contributed by atoms with Gasteiger partial charge in [-0.3, -0.25) is 19.6 Å². The van der Waals surface area contributed by atoms with Crippen LogP contribution >= 0.6 is 15.9 Å². The van der Waals surface area contributed by atoms with Crippen molar-refractivity contribution in [3.8, 4) is 16.9 Å². The van der Waals surface area contributed by atoms with Gasteiger partial charge in [-0.2, -0.15) is 5.10 Å². The lowest BCUT2D eigenvalue weighted by atomic mass is 10.0. The summed E-state index contributed by atoms with van der Waals surface area (Å²) in [4.78, 5) is 38.6. The molecule has 0 bridgehead atoms. The maximum absolute atomic E-state index is 11.9. The fraction of sp³-hybridized carbons (Fsp3) is 0.321. The highest BCUT2D eigenvalue weighted by Gasteiger charge is 2.28. The van der Waals surface area contributed by atoms with Crippen molar-refractivity contribution in [1.82, 2.24) is 25.1 Å². The zero-order valence-corrected chi connectivity index (χ0v) is 23.1. The van der Waals surface area contributed by atoms with Crippen LogP contribution in [0.1, 0.15) is 18.4 Å². The van der Waals surface area contributed by atoms with Crippen LogP contribution in [0.3, 0.4) is 0 Å². The first-order valence-electron chi connectivity index (χ1n) is 13.0. The molecule has 6 rings (SSSR count). The molecule has 2 aliphatic heterocycles. The number of hydrogen-bond donors (Lipinski definition) is 1. The highest BCUT2D eigenvalue weighted by atomic mass is 79.9. The lowest BCUT2D eigenvalue weighted by Crippen LogP contribution is -2.47. The third-order valence-electron chi connectivity index (χ3n) is 7.34. The molecule has 200 valence electrons. The van der Waals surface area contributed by atoms with E-state index in [1.54, 1.807) is 6.33 Å². The van der Waals surface area contributed by atoms with Crippen LogP contribution in [0.5, 0.6) is 5.75 Å². The first-order valence-corrected chi connectivity index (χ1v) is 13.8. The number of para-hydroxylation sites is 1. The number of fused-ring (bicyclic) bond motifs is 1. The minimum atomic E-state index is -0.123. The monoisotopic (exact) mass is 589 g/mol. The van der Waals surface area contributed by atoms with Crippen molar-refractivity contribution in [3.63, 3.8) is 0 Å². The van der Waals surface area contributed by atoms with Gasteiger partial charge in [-0.05, 0) is 46.1 Å². The molecule has 2 amide bonds. The van der Waals surface area contributed by atoms with Crippen LogP contribution in [0.25, 0.3) is 22.2 Å². The number of carbonyl (C=O) groups is 2. The van der Waals surface area contributed by atoms with Crippen LogP contribution in [-0.4, -0.2) is 76.2 Å². The number of halogens is 1. The van der Waals surface area contributed by atoms with Crippen molar-refractivity contribution < 1.29 is 14.3 Å². The molecule has 0 aliphatic carbocycles. The number of anilines is 2. The number of hydrogen-bond acceptors (Lipinski definition) is 8. The van der Waals surface area contributed by atoms with E-state index in [2.05, 4.69) is 71.0 Å². The Labute approximate surface area is 234 Å². The van der Waals surface area contributed by atoms with Crippen LogP contribution in [-0.2, 0) is 9.59 Å². The molecule has 0 atom stereocenters. The predicted octanol–water partition coefficient (Wildman–Crippen LogP) is 3.95. The van der Waals surface area contributed by atoms with E-state index in [1.165, 1.54) is 16.2 Å². The van der Waals surface area contributed by atoms with E-state index in [9.17, 15) is 9.59 Å². The molecule has 2 fully saturated rings. The minimum Gasteiger partial charge on any atom is -0.491 e. The van der Waals surface area contributed by atoms with Crippen LogP contribution in [0, 0.1) is 6.92 Å². The zero-order chi connectivity index (χ0) is 26.9. The lowest BCUT2D eigenvalue weighted by Gasteiger charge is -2.37. The molecule has 0 unspecified atom stereocenters. The van der Waals surface area contributed by atoms with Gasteiger partial charge in [0.05, 0.1) is 11.9 Å². The van der Waals surface area contributed by atoms with E-state index in [0.29, 0.717) is 18.5 Å². The van der Waals surface area contributed by atoms with Gasteiger partial charge in [0.1, 0.15) is 29.1 Å². The fourth-order valence-corrected chi connectivity index (χ4v) is 5.72. The van der Waals surface area contributed by atoms with E-state index in [1.807, 2.05) is 24.3 Å². The molecule has 2 aliphatic rings. The maximum Gasteiger partial charge on any atom is 0.229 e. The summed E-state index contributed by atoms with van der Waals surface area (Å²) >= 11 is 3.54. The summed E-state index contributed by atoms with van der Waals surface area (Å²) in [7, 11) is 0. The number of carbonyl (C=O) groups excluding carboxylic acids is 2. The van der Waals surface area contributed by atoms with Crippen LogP contribution in [0.4, 0.5) is 11.5 Å². The first-order chi connectivity index (χ1) is 19.0. The van der Waals surface area contributed by atoms with Crippen LogP contribution < -0.4 is 14.5 Å². The number of imide groups is 1. The number of rotatable bonds is 7. The third kappa shape index (κ3) is 4.94. The first kappa shape index (κ1) is 25.3. The topological polar surface area (TPSA) is 108 Å². The molecular weight excluding hydrogens is 562 g/mol. The second-order valence-corrected chi connectivity index (χ2v) is 10.5. The van der Waals surface area contributed by atoms with Crippen LogP contribution in [0.2, 0.25) is 0 Å². The average molecular weight is 590 g/mol. The number of likely N-dealkylation sites (tertiary alicyclic amines) is 1. The Bertz CT molecular complexity index is 1530. The minimum absolute atomic E-state index is 0.123. The largest absolute Gasteiger partial charge is 0.491 e. The molecule has 1 N–H and O–H groups in total. The molecule has 4 aromatic rings. The molecule has 0 radical (unpaired) electrons. The Morgan fingerprint density at radius 2 is 1.72 bits per heavy atom. The predicted molar refractivity (Wildman–Crippen MR) is 152 cm³/mol. The number of benzene rings is 2. The van der Waals surface area contributed by atoms with E-state index >= 15 is 0 Å². The molecule has 11 heteroatoms. The Kier molecular flexibility index (Phi) is 6.90. The summed E-state index contributed by atoms with van der Waals surface area (Å²) < 4.78 is 6.87. The van der Waals surface area contributed by atoms with Gasteiger partial charge in [0.2, 0.25) is 11.8 Å². The van der Waals surface area contributed by atoms with Crippen molar-refractivity contribution in [2.24, 2.45) is 0 Å². The SMILES string of the molecule is Cc1ccc(-c2ccccc2OCCN2C(=O)CCC2=O)cc1N1CCN(c2ncnc3n[nH]c(Br)c23)CC1. The molecule has 0 spiro atoms. The number of piperazine rings is 1. The van der Waals surface area contributed by atoms with Crippen molar-refractivity contribution >= 4 is 50.3 Å². The average Bonchev–Trinajstić information content (AvgIpc) is 3.50. The van der Waals surface area contributed by atoms with Gasteiger partial charge >= 0.3 is 0 Å². The molecule has 39 heavy (non-hydrogen) atoms. The summed E-state index contributed by atoms with van der Waals surface area (Å²) in [6, 6.07) is 14.4. The smallest absolute Gasteiger partial charge is 0.229 e. The standard InChI is InChI=1S/C28H28BrN7O3/c1-18-6-7-19(20-4-2-3-5-22(20)39-15-14-36-23(37)8-9-24(36)38)16-21(18)34-10-12-35(13-11-34)28-25-26(29)32-33-27(25)30-17-31-28/h2-7,16-17H,8-15H2,1H3,(H,30,31,32,33). The molecule has 2 aromatic heterocycles. The quantitative estimate of drug-likeness (QED) is 0.323. The van der Waals surface area contributed by atoms with Crippen LogP contribution in [0.15, 0.2) is 53.4 Å². The summed E-state index contributed by atoms with van der Waals surface area (Å²) in [6.45, 7) is 6.00. The zero-order valence-electron chi connectivity index (χ0n) is 21.6. The summed E-state index contributed by atoms with van der Waals surface area (Å²) in [5.41, 5.74) is 5.08. The van der Waals surface area contributed by atoms with Crippen molar-refractivity contribution in [2.45, 2.75) is 19.8 Å². The van der Waals surface area contributed by atoms with Gasteiger partial charge in [0.15, 0.2) is 5.65 Å². The number of aromatic nitrogens is 4. The van der Waals surface area contributed by atoms with E-state index in [0.717, 1.165) is 58.9 Å². The normalized spacial score (nSPS) is 16.0. The Morgan fingerprint density at radius 3 is 2.51 bits per heavy atom. The van der Waals surface area contributed by atoms with E-state index in [-0.39, 0.29) is 25.0 Å². The molecule has 0 saturated carbocycles. The lowest BCUT2D eigenvalue weighted by molar-refractivity contribution is -0.138. The Morgan fingerprint density at radius 1 is 0.974 bits per heavy atom. The van der Waals surface area contributed by atoms with Gasteiger partial charge in [0, 0.05) is 50.3 Å². The van der Waals surface area contributed by atoms with Crippen molar-refractivity contribution in [3.05, 3.63) is 59.0 Å². The molecule has 2 saturated heterocycles. The number of nitrogens with zero attached hydrogens (tertiary/aromatic N) is 6. The second kappa shape index (κ2) is 10.6. The highest BCUT2D eigenvalue weighted by molar-refractivity contribution is 9.10. The summed E-state index contributed by atoms with van der Waals surface area (Å²) in [5, 5.41) is 8.08. The second-order valence-electron chi connectivity index (χ2n) is 9.69. The third-order valence-corrected chi connectivity index (χ3v) is 7.91. The molecule has 2 aromatic carbocycles. The number of amides is 2. The van der Waals surface area contributed by atoms with E-state index < -0.39 is 0 Å². The van der Waals surface area contributed by atoms with Gasteiger partial charge in [-0.15, -0.1) is 0 Å². The van der Waals surface area contributed by atoms with Gasteiger partial charge < -0.3 is 14.5 Å². The van der Waals surface area contributed by atoms with Gasteiger partial charge in [-0.1, -0.05) is 30.3 Å². The molecule has 4 heterocycles. The summed E-state index contributed by atoms with van der Waals surface area (Å²) in [5.74, 6) is 1.37. The number of aromatic amines is 1. The van der Waals surface area contributed by atoms with E-state index in [4.69, 9.17) is 4.74 Å². The Hall–Kier alpha value is -3.99. The number of ether oxygens (including phenoxy) is 1. The summed E-state index contributed by atoms with van der Waals surface area (Å²) in [6.07, 6.45) is 2.14. The van der Waals surface area contributed by atoms with Gasteiger partial charge in [0.25, 0.3) is 0 Å². The fourth-order valence-electron chi connectivity index (χ4n) is 5.27. The highest BCUT2D eigenvalue weighted by Crippen LogP contribution is 2.35. The number of aryl methyl sites for hydroxylation is 1. The number of H-pyrrole nitrogens is 1. The molecular formula is C28H28BrN7O3.